The molecule has 2 aromatic rings. The molecular formula is C17H20O2. The summed E-state index contributed by atoms with van der Waals surface area (Å²) in [5.41, 5.74) is 2.53. The van der Waals surface area contributed by atoms with Gasteiger partial charge in [-0.25, -0.2) is 0 Å². The van der Waals surface area contributed by atoms with Crippen LogP contribution < -0.4 is 0 Å². The van der Waals surface area contributed by atoms with Gasteiger partial charge in [0.15, 0.2) is 0 Å². The molecule has 0 amide bonds. The zero-order valence-electron chi connectivity index (χ0n) is 11.1. The quantitative estimate of drug-likeness (QED) is 0.528. The number of rotatable bonds is 8. The van der Waals surface area contributed by atoms with Gasteiger partial charge in [0.25, 0.3) is 0 Å². The second-order valence-electron chi connectivity index (χ2n) is 4.45. The number of aryl methyl sites for hydroxylation is 1. The summed E-state index contributed by atoms with van der Waals surface area (Å²) in [6, 6.07) is 20.6. The van der Waals surface area contributed by atoms with Crippen LogP contribution in [0, 0.1) is 0 Å². The second kappa shape index (κ2) is 8.46. The van der Waals surface area contributed by atoms with Crippen molar-refractivity contribution in [1.29, 1.82) is 0 Å². The van der Waals surface area contributed by atoms with Crippen molar-refractivity contribution < 1.29 is 9.47 Å². The van der Waals surface area contributed by atoms with Crippen molar-refractivity contribution >= 4 is 0 Å². The molecule has 0 heterocycles. The highest BCUT2D eigenvalue weighted by Gasteiger charge is 1.94. The fourth-order valence-electron chi connectivity index (χ4n) is 1.87. The minimum atomic E-state index is 0.365. The number of ether oxygens (including phenoxy) is 2. The molecule has 0 unspecified atom stereocenters. The molecule has 0 aliphatic rings. The van der Waals surface area contributed by atoms with Crippen LogP contribution in [0.2, 0.25) is 0 Å². The van der Waals surface area contributed by atoms with E-state index in [0.29, 0.717) is 13.4 Å². The molecule has 2 aromatic carbocycles. The fourth-order valence-corrected chi connectivity index (χ4v) is 1.87. The van der Waals surface area contributed by atoms with Gasteiger partial charge in [-0.2, -0.15) is 0 Å². The Labute approximate surface area is 115 Å². The van der Waals surface area contributed by atoms with Crippen molar-refractivity contribution in [2.75, 3.05) is 13.4 Å². The van der Waals surface area contributed by atoms with Crippen molar-refractivity contribution in [3.8, 4) is 0 Å². The average molecular weight is 256 g/mol. The molecule has 0 N–H and O–H groups in total. The number of hydrogen-bond acceptors (Lipinski definition) is 2. The van der Waals surface area contributed by atoms with Crippen molar-refractivity contribution in [3.63, 3.8) is 0 Å². The van der Waals surface area contributed by atoms with Gasteiger partial charge in [0.1, 0.15) is 6.79 Å². The van der Waals surface area contributed by atoms with E-state index in [0.717, 1.165) is 19.4 Å². The lowest BCUT2D eigenvalue weighted by Crippen LogP contribution is -2.02. The van der Waals surface area contributed by atoms with Crippen molar-refractivity contribution in [1.82, 2.24) is 0 Å². The SMILES string of the molecule is c1ccc(CCCOCOCc2ccccc2)cc1. The van der Waals surface area contributed by atoms with Crippen LogP contribution in [-0.2, 0) is 22.5 Å². The van der Waals surface area contributed by atoms with Crippen LogP contribution in [-0.4, -0.2) is 13.4 Å². The molecule has 0 aliphatic heterocycles. The highest BCUT2D eigenvalue weighted by Crippen LogP contribution is 2.03. The lowest BCUT2D eigenvalue weighted by molar-refractivity contribution is -0.0619. The number of hydrogen-bond donors (Lipinski definition) is 0. The second-order valence-corrected chi connectivity index (χ2v) is 4.45. The Kier molecular flexibility index (Phi) is 6.14. The normalized spacial score (nSPS) is 10.5. The van der Waals surface area contributed by atoms with Crippen LogP contribution in [0.4, 0.5) is 0 Å². The summed E-state index contributed by atoms with van der Waals surface area (Å²) < 4.78 is 10.9. The van der Waals surface area contributed by atoms with Crippen LogP contribution in [0.1, 0.15) is 17.5 Å². The summed E-state index contributed by atoms with van der Waals surface area (Å²) >= 11 is 0. The summed E-state index contributed by atoms with van der Waals surface area (Å²) in [7, 11) is 0. The average Bonchev–Trinajstić information content (AvgIpc) is 2.48. The van der Waals surface area contributed by atoms with Gasteiger partial charge in [-0.1, -0.05) is 60.7 Å². The lowest BCUT2D eigenvalue weighted by atomic mass is 10.1. The van der Waals surface area contributed by atoms with Crippen LogP contribution >= 0.6 is 0 Å². The third-order valence-corrected chi connectivity index (χ3v) is 2.88. The molecule has 0 saturated carbocycles. The first-order valence-corrected chi connectivity index (χ1v) is 6.68. The molecule has 0 aliphatic carbocycles. The van der Waals surface area contributed by atoms with E-state index in [9.17, 15) is 0 Å². The van der Waals surface area contributed by atoms with Gasteiger partial charge in [-0.15, -0.1) is 0 Å². The maximum absolute atomic E-state index is 5.45. The minimum Gasteiger partial charge on any atom is -0.355 e. The lowest BCUT2D eigenvalue weighted by Gasteiger charge is -2.06. The Balaban J connectivity index is 1.49. The van der Waals surface area contributed by atoms with E-state index in [1.165, 1.54) is 11.1 Å². The Morgan fingerprint density at radius 3 is 2.00 bits per heavy atom. The molecule has 0 aromatic heterocycles. The molecule has 100 valence electrons. The van der Waals surface area contributed by atoms with Gasteiger partial charge < -0.3 is 9.47 Å². The Morgan fingerprint density at radius 1 is 0.684 bits per heavy atom. The molecule has 0 fully saturated rings. The molecule has 0 spiro atoms. The van der Waals surface area contributed by atoms with E-state index in [2.05, 4.69) is 36.4 Å². The van der Waals surface area contributed by atoms with Crippen LogP contribution in [0.15, 0.2) is 60.7 Å². The maximum atomic E-state index is 5.45. The van der Waals surface area contributed by atoms with Gasteiger partial charge in [-0.05, 0) is 24.0 Å². The predicted molar refractivity (Wildman–Crippen MR) is 76.8 cm³/mol. The summed E-state index contributed by atoms with van der Waals surface area (Å²) in [6.07, 6.45) is 2.08. The van der Waals surface area contributed by atoms with Gasteiger partial charge in [-0.3, -0.25) is 0 Å². The molecule has 19 heavy (non-hydrogen) atoms. The summed E-state index contributed by atoms with van der Waals surface area (Å²) in [5.74, 6) is 0. The van der Waals surface area contributed by atoms with Gasteiger partial charge in [0.2, 0.25) is 0 Å². The highest BCUT2D eigenvalue weighted by atomic mass is 16.7. The van der Waals surface area contributed by atoms with E-state index < -0.39 is 0 Å². The molecule has 0 radical (unpaired) electrons. The highest BCUT2D eigenvalue weighted by molar-refractivity contribution is 5.14. The molecular weight excluding hydrogens is 236 g/mol. The molecule has 0 bridgehead atoms. The fraction of sp³-hybridized carbons (Fsp3) is 0.294. The molecule has 2 rings (SSSR count). The summed E-state index contributed by atoms with van der Waals surface area (Å²) in [5, 5.41) is 0. The third kappa shape index (κ3) is 5.69. The summed E-state index contributed by atoms with van der Waals surface area (Å²) in [6.45, 7) is 1.72. The van der Waals surface area contributed by atoms with Crippen molar-refractivity contribution in [2.24, 2.45) is 0 Å². The maximum Gasteiger partial charge on any atom is 0.147 e. The van der Waals surface area contributed by atoms with E-state index in [1.807, 2.05) is 24.3 Å². The van der Waals surface area contributed by atoms with Crippen molar-refractivity contribution in [2.45, 2.75) is 19.4 Å². The standard InChI is InChI=1S/C17H20O2/c1-3-8-16(9-4-1)12-7-13-18-15-19-14-17-10-5-2-6-11-17/h1-6,8-11H,7,12-15H2. The predicted octanol–water partition coefficient (Wildman–Crippen LogP) is 3.81. The first kappa shape index (κ1) is 13.8. The van der Waals surface area contributed by atoms with E-state index in [4.69, 9.17) is 9.47 Å². The van der Waals surface area contributed by atoms with Gasteiger partial charge >= 0.3 is 0 Å². The van der Waals surface area contributed by atoms with Gasteiger partial charge in [0.05, 0.1) is 6.61 Å². The number of benzene rings is 2. The molecule has 0 saturated heterocycles. The third-order valence-electron chi connectivity index (χ3n) is 2.88. The van der Waals surface area contributed by atoms with Crippen LogP contribution in [0.25, 0.3) is 0 Å². The first-order valence-electron chi connectivity index (χ1n) is 6.68. The molecule has 0 atom stereocenters. The largest absolute Gasteiger partial charge is 0.355 e. The smallest absolute Gasteiger partial charge is 0.147 e. The minimum absolute atomic E-state index is 0.365. The monoisotopic (exact) mass is 256 g/mol. The molecule has 2 nitrogen and oxygen atoms in total. The molecule has 2 heteroatoms. The van der Waals surface area contributed by atoms with E-state index in [-0.39, 0.29) is 0 Å². The van der Waals surface area contributed by atoms with E-state index >= 15 is 0 Å². The van der Waals surface area contributed by atoms with E-state index in [1.54, 1.807) is 0 Å². The Morgan fingerprint density at radius 2 is 1.32 bits per heavy atom. The zero-order valence-corrected chi connectivity index (χ0v) is 11.1. The first-order chi connectivity index (χ1) is 9.45. The Bertz CT molecular complexity index is 396. The summed E-state index contributed by atoms with van der Waals surface area (Å²) in [4.78, 5) is 0. The van der Waals surface area contributed by atoms with Gasteiger partial charge in [0, 0.05) is 6.61 Å². The van der Waals surface area contributed by atoms with Crippen LogP contribution in [0.3, 0.4) is 0 Å². The zero-order chi connectivity index (χ0) is 13.2. The Hall–Kier alpha value is -1.64. The topological polar surface area (TPSA) is 18.5 Å². The van der Waals surface area contributed by atoms with Crippen molar-refractivity contribution in [3.05, 3.63) is 71.8 Å². The van der Waals surface area contributed by atoms with Crippen LogP contribution in [0.5, 0.6) is 0 Å².